The fourth-order valence-electron chi connectivity index (χ4n) is 2.14. The largest absolute Gasteiger partial charge is 0.360 e. The Balaban J connectivity index is 1.92. The van der Waals surface area contributed by atoms with E-state index in [2.05, 4.69) is 4.98 Å². The Labute approximate surface area is 115 Å². The first kappa shape index (κ1) is 12.4. The molecule has 3 rings (SSSR count). The molecule has 0 saturated carbocycles. The summed E-state index contributed by atoms with van der Waals surface area (Å²) in [6.07, 6.45) is 4.58. The molecule has 0 spiro atoms. The summed E-state index contributed by atoms with van der Waals surface area (Å²) in [6, 6.07) is 13.9. The highest BCUT2D eigenvalue weighted by Gasteiger charge is 2.08. The minimum Gasteiger partial charge on any atom is -0.360 e. The summed E-state index contributed by atoms with van der Waals surface area (Å²) in [6.45, 7) is 0. The first-order chi connectivity index (χ1) is 9.75. The van der Waals surface area contributed by atoms with Gasteiger partial charge >= 0.3 is 0 Å². The van der Waals surface area contributed by atoms with Crippen LogP contribution in [0.4, 0.5) is 4.39 Å². The molecule has 0 saturated heterocycles. The van der Waals surface area contributed by atoms with Gasteiger partial charge in [0.05, 0.1) is 0 Å². The van der Waals surface area contributed by atoms with E-state index in [9.17, 15) is 9.18 Å². The van der Waals surface area contributed by atoms with Gasteiger partial charge in [0, 0.05) is 28.2 Å². The monoisotopic (exact) mass is 265 g/mol. The molecule has 0 aliphatic carbocycles. The predicted octanol–water partition coefficient (Wildman–Crippen LogP) is 4.20. The normalized spacial score (nSPS) is 11.2. The van der Waals surface area contributed by atoms with E-state index >= 15 is 0 Å². The Kier molecular flexibility index (Phi) is 3.17. The molecule has 0 amide bonds. The molecule has 1 N–H and O–H groups in total. The van der Waals surface area contributed by atoms with Crippen LogP contribution < -0.4 is 0 Å². The van der Waals surface area contributed by atoms with E-state index in [4.69, 9.17) is 0 Å². The van der Waals surface area contributed by atoms with Crippen LogP contribution in [0.15, 0.2) is 60.8 Å². The van der Waals surface area contributed by atoms with E-state index in [-0.39, 0.29) is 11.6 Å². The molecule has 0 radical (unpaired) electrons. The summed E-state index contributed by atoms with van der Waals surface area (Å²) in [5.74, 6) is -0.485. The molecule has 2 aromatic carbocycles. The van der Waals surface area contributed by atoms with Crippen LogP contribution in [0.25, 0.3) is 17.0 Å². The van der Waals surface area contributed by atoms with Crippen molar-refractivity contribution in [1.29, 1.82) is 0 Å². The number of fused-ring (bicyclic) bond motifs is 1. The third-order valence-corrected chi connectivity index (χ3v) is 3.17. The number of hydrogen-bond acceptors (Lipinski definition) is 1. The van der Waals surface area contributed by atoms with Crippen LogP contribution in [0.3, 0.4) is 0 Å². The molecule has 0 fully saturated rings. The summed E-state index contributed by atoms with van der Waals surface area (Å²) >= 11 is 0. The number of H-pyrrole nitrogens is 1. The predicted molar refractivity (Wildman–Crippen MR) is 78.1 cm³/mol. The smallest absolute Gasteiger partial charge is 0.188 e. The number of allylic oxidation sites excluding steroid dienone is 1. The van der Waals surface area contributed by atoms with Crippen molar-refractivity contribution in [2.24, 2.45) is 0 Å². The summed E-state index contributed by atoms with van der Waals surface area (Å²) in [5, 5.41) is 0.871. The average Bonchev–Trinajstić information content (AvgIpc) is 2.90. The zero-order chi connectivity index (χ0) is 13.9. The van der Waals surface area contributed by atoms with E-state index in [1.807, 2.05) is 24.3 Å². The minimum atomic E-state index is -0.338. The van der Waals surface area contributed by atoms with Gasteiger partial charge in [0.15, 0.2) is 5.78 Å². The zero-order valence-corrected chi connectivity index (χ0v) is 10.6. The van der Waals surface area contributed by atoms with Gasteiger partial charge in [0.25, 0.3) is 0 Å². The van der Waals surface area contributed by atoms with E-state index in [1.54, 1.807) is 24.4 Å². The van der Waals surface area contributed by atoms with Crippen molar-refractivity contribution in [1.82, 2.24) is 4.98 Å². The lowest BCUT2D eigenvalue weighted by Crippen LogP contribution is -1.92. The Morgan fingerprint density at radius 1 is 1.05 bits per heavy atom. The third-order valence-electron chi connectivity index (χ3n) is 3.17. The summed E-state index contributed by atoms with van der Waals surface area (Å²) < 4.78 is 13.5. The van der Waals surface area contributed by atoms with Crippen LogP contribution in [0.2, 0.25) is 0 Å². The van der Waals surface area contributed by atoms with E-state index in [0.717, 1.165) is 10.9 Å². The second kappa shape index (κ2) is 5.13. The van der Waals surface area contributed by atoms with Gasteiger partial charge in [-0.2, -0.15) is 0 Å². The molecule has 98 valence electrons. The number of nitrogens with one attached hydrogen (secondary N) is 1. The Bertz CT molecular complexity index is 801. The molecule has 0 atom stereocenters. The highest BCUT2D eigenvalue weighted by atomic mass is 19.1. The fourth-order valence-corrected chi connectivity index (χ4v) is 2.14. The van der Waals surface area contributed by atoms with E-state index in [1.165, 1.54) is 18.2 Å². The molecule has 0 bridgehead atoms. The number of rotatable bonds is 3. The molecule has 1 aromatic heterocycles. The maximum Gasteiger partial charge on any atom is 0.188 e. The van der Waals surface area contributed by atoms with Crippen molar-refractivity contribution in [2.45, 2.75) is 0 Å². The first-order valence-electron chi connectivity index (χ1n) is 6.29. The van der Waals surface area contributed by atoms with Crippen LogP contribution in [0.5, 0.6) is 0 Å². The standard InChI is InChI=1S/C17H12FNO/c18-15-7-3-1-5-12(15)9-10-17(20)14-11-19-16-8-4-2-6-13(14)16/h1-11,19H/b10-9+. The van der Waals surface area contributed by atoms with E-state index < -0.39 is 0 Å². The Morgan fingerprint density at radius 2 is 1.80 bits per heavy atom. The van der Waals surface area contributed by atoms with Crippen LogP contribution in [-0.2, 0) is 0 Å². The van der Waals surface area contributed by atoms with Crippen molar-refractivity contribution in [2.75, 3.05) is 0 Å². The lowest BCUT2D eigenvalue weighted by Gasteiger charge is -1.96. The Hall–Kier alpha value is -2.68. The van der Waals surface area contributed by atoms with Gasteiger partial charge in [-0.25, -0.2) is 4.39 Å². The van der Waals surface area contributed by atoms with Gasteiger partial charge in [-0.1, -0.05) is 36.4 Å². The number of ketones is 1. The van der Waals surface area contributed by atoms with E-state index in [0.29, 0.717) is 11.1 Å². The van der Waals surface area contributed by atoms with Gasteiger partial charge in [0.2, 0.25) is 0 Å². The van der Waals surface area contributed by atoms with Crippen molar-refractivity contribution >= 4 is 22.8 Å². The number of para-hydroxylation sites is 1. The van der Waals surface area contributed by atoms with Gasteiger partial charge in [0.1, 0.15) is 5.82 Å². The van der Waals surface area contributed by atoms with Crippen LogP contribution in [0, 0.1) is 5.82 Å². The van der Waals surface area contributed by atoms with Gasteiger partial charge in [-0.05, 0) is 24.3 Å². The second-order valence-corrected chi connectivity index (χ2v) is 4.47. The van der Waals surface area contributed by atoms with Crippen molar-refractivity contribution in [3.05, 3.63) is 77.7 Å². The van der Waals surface area contributed by atoms with Crippen LogP contribution in [0.1, 0.15) is 15.9 Å². The summed E-state index contributed by atoms with van der Waals surface area (Å²) in [4.78, 5) is 15.2. The van der Waals surface area contributed by atoms with Crippen molar-refractivity contribution in [3.8, 4) is 0 Å². The van der Waals surface area contributed by atoms with Gasteiger partial charge in [-0.15, -0.1) is 0 Å². The van der Waals surface area contributed by atoms with Crippen molar-refractivity contribution < 1.29 is 9.18 Å². The molecule has 0 aliphatic rings. The molecule has 20 heavy (non-hydrogen) atoms. The average molecular weight is 265 g/mol. The number of aromatic nitrogens is 1. The third kappa shape index (κ3) is 2.26. The molecule has 3 aromatic rings. The molecular weight excluding hydrogens is 253 g/mol. The number of carbonyl (C=O) groups excluding carboxylic acids is 1. The summed E-state index contributed by atoms with van der Waals surface area (Å²) in [7, 11) is 0. The topological polar surface area (TPSA) is 32.9 Å². The first-order valence-corrected chi connectivity index (χ1v) is 6.29. The fraction of sp³-hybridized carbons (Fsp3) is 0. The number of benzene rings is 2. The van der Waals surface area contributed by atoms with Crippen LogP contribution in [-0.4, -0.2) is 10.8 Å². The molecule has 0 unspecified atom stereocenters. The highest BCUT2D eigenvalue weighted by molar-refractivity contribution is 6.14. The maximum atomic E-state index is 13.5. The van der Waals surface area contributed by atoms with Gasteiger partial charge < -0.3 is 4.98 Å². The number of aromatic amines is 1. The molecule has 3 heteroatoms. The van der Waals surface area contributed by atoms with Gasteiger partial charge in [-0.3, -0.25) is 4.79 Å². The maximum absolute atomic E-state index is 13.5. The molecule has 1 heterocycles. The SMILES string of the molecule is O=C(/C=C/c1ccccc1F)c1c[nH]c2ccccc12. The van der Waals surface area contributed by atoms with Crippen LogP contribution >= 0.6 is 0 Å². The molecular formula is C17H12FNO. The highest BCUT2D eigenvalue weighted by Crippen LogP contribution is 2.19. The quantitative estimate of drug-likeness (QED) is 0.558. The number of halogens is 1. The lowest BCUT2D eigenvalue weighted by molar-refractivity contribution is 0.104. The minimum absolute atomic E-state index is 0.147. The number of carbonyl (C=O) groups is 1. The number of hydrogen-bond donors (Lipinski definition) is 1. The molecule has 0 aliphatic heterocycles. The van der Waals surface area contributed by atoms with Crippen molar-refractivity contribution in [3.63, 3.8) is 0 Å². The lowest BCUT2D eigenvalue weighted by atomic mass is 10.1. The summed E-state index contributed by atoms with van der Waals surface area (Å²) in [5.41, 5.74) is 1.91. The second-order valence-electron chi connectivity index (χ2n) is 4.47. The molecule has 2 nitrogen and oxygen atoms in total. The Morgan fingerprint density at radius 3 is 2.65 bits per heavy atom. The zero-order valence-electron chi connectivity index (χ0n) is 10.6.